The highest BCUT2D eigenvalue weighted by atomic mass is 127. The maximum absolute atomic E-state index is 12.5. The molecule has 1 aromatic rings. The Bertz CT molecular complexity index is 371. The second-order valence-electron chi connectivity index (χ2n) is 2.41. The molecule has 0 radical (unpaired) electrons. The molecule has 0 unspecified atom stereocenters. The van der Waals surface area contributed by atoms with Gasteiger partial charge in [-0.05, 0) is 35.1 Å². The fourth-order valence-corrected chi connectivity index (χ4v) is 1.75. The van der Waals surface area contributed by atoms with E-state index in [2.05, 4.69) is 4.98 Å². The molecule has 0 saturated carbocycles. The Balaban J connectivity index is 3.41. The highest BCUT2D eigenvalue weighted by Crippen LogP contribution is 2.28. The molecule has 0 saturated heterocycles. The molecular formula is C8H5F2IN2. The average molecular weight is 294 g/mol. The number of hydrogen-bond acceptors (Lipinski definition) is 2. The summed E-state index contributed by atoms with van der Waals surface area (Å²) in [6.07, 6.45) is -1.27. The Labute approximate surface area is 87.7 Å². The molecule has 0 bridgehead atoms. The van der Waals surface area contributed by atoms with Gasteiger partial charge in [0.05, 0.1) is 0 Å². The minimum atomic E-state index is -2.55. The third kappa shape index (κ3) is 1.94. The normalized spacial score (nSPS) is 10.2. The highest BCUT2D eigenvalue weighted by Gasteiger charge is 2.17. The lowest BCUT2D eigenvalue weighted by molar-refractivity contribution is 0.149. The molecule has 0 aromatic carbocycles. The van der Waals surface area contributed by atoms with Crippen LogP contribution in [0.5, 0.6) is 0 Å². The van der Waals surface area contributed by atoms with E-state index in [0.29, 0.717) is 3.57 Å². The average Bonchev–Trinajstić information content (AvgIpc) is 2.04. The van der Waals surface area contributed by atoms with Crippen molar-refractivity contribution in [2.75, 3.05) is 0 Å². The molecule has 2 nitrogen and oxygen atoms in total. The summed E-state index contributed by atoms with van der Waals surface area (Å²) in [5, 5.41) is 8.56. The highest BCUT2D eigenvalue weighted by molar-refractivity contribution is 14.1. The molecule has 13 heavy (non-hydrogen) atoms. The lowest BCUT2D eigenvalue weighted by atomic mass is 10.1. The lowest BCUT2D eigenvalue weighted by Gasteiger charge is -2.07. The maximum atomic E-state index is 12.5. The Hall–Kier alpha value is -0.770. The summed E-state index contributed by atoms with van der Waals surface area (Å²) in [6.45, 7) is 1.48. The van der Waals surface area contributed by atoms with Gasteiger partial charge in [0.25, 0.3) is 6.43 Å². The zero-order chi connectivity index (χ0) is 10.0. The van der Waals surface area contributed by atoms with Crippen molar-refractivity contribution in [3.8, 4) is 6.07 Å². The Morgan fingerprint density at radius 2 is 2.23 bits per heavy atom. The zero-order valence-corrected chi connectivity index (χ0v) is 8.84. The summed E-state index contributed by atoms with van der Waals surface area (Å²) in [5.41, 5.74) is 0.243. The van der Waals surface area contributed by atoms with E-state index in [9.17, 15) is 8.78 Å². The third-order valence-electron chi connectivity index (χ3n) is 1.65. The van der Waals surface area contributed by atoms with E-state index < -0.39 is 6.43 Å². The second-order valence-corrected chi connectivity index (χ2v) is 3.57. The summed E-state index contributed by atoms with van der Waals surface area (Å²) in [4.78, 5) is 3.74. The molecule has 0 fully saturated rings. The van der Waals surface area contributed by atoms with Gasteiger partial charge < -0.3 is 0 Å². The summed E-state index contributed by atoms with van der Waals surface area (Å²) in [7, 11) is 0. The fraction of sp³-hybridized carbons (Fsp3) is 0.250. The largest absolute Gasteiger partial charge is 0.265 e. The van der Waals surface area contributed by atoms with Crippen molar-refractivity contribution < 1.29 is 8.78 Å². The smallest absolute Gasteiger partial charge is 0.244 e. The molecule has 1 rings (SSSR count). The van der Waals surface area contributed by atoms with Gasteiger partial charge in [-0.3, -0.25) is 0 Å². The molecule has 1 heterocycles. The molecule has 0 aliphatic carbocycles. The van der Waals surface area contributed by atoms with E-state index in [-0.39, 0.29) is 16.8 Å². The first-order valence-electron chi connectivity index (χ1n) is 3.41. The summed E-state index contributed by atoms with van der Waals surface area (Å²) >= 11 is 1.78. The van der Waals surface area contributed by atoms with E-state index in [1.165, 1.54) is 13.1 Å². The molecule has 5 heteroatoms. The van der Waals surface area contributed by atoms with Gasteiger partial charge in [-0.25, -0.2) is 13.8 Å². The number of pyridine rings is 1. The number of rotatable bonds is 1. The number of halogens is 3. The summed E-state index contributed by atoms with van der Waals surface area (Å²) in [5.74, 6) is 0. The molecule has 0 amide bonds. The van der Waals surface area contributed by atoms with E-state index >= 15 is 0 Å². The first-order valence-corrected chi connectivity index (χ1v) is 4.49. The van der Waals surface area contributed by atoms with Crippen LogP contribution in [0.1, 0.15) is 23.2 Å². The number of alkyl halides is 2. The molecule has 0 aliphatic rings. The molecule has 0 aliphatic heterocycles. The quantitative estimate of drug-likeness (QED) is 0.747. The van der Waals surface area contributed by atoms with Crippen LogP contribution >= 0.6 is 22.6 Å². The van der Waals surface area contributed by atoms with Crippen LogP contribution in [-0.4, -0.2) is 4.98 Å². The van der Waals surface area contributed by atoms with Gasteiger partial charge in [-0.2, -0.15) is 5.26 Å². The number of aromatic nitrogens is 1. The molecule has 0 atom stereocenters. The number of nitrogens with zero attached hydrogens (tertiary/aromatic N) is 2. The van der Waals surface area contributed by atoms with Gasteiger partial charge in [-0.15, -0.1) is 0 Å². The SMILES string of the molecule is Cc1c(C#N)ncc(I)c1C(F)F. The van der Waals surface area contributed by atoms with Crippen molar-refractivity contribution in [3.63, 3.8) is 0 Å². The van der Waals surface area contributed by atoms with Crippen LogP contribution in [0.15, 0.2) is 6.20 Å². The minimum Gasteiger partial charge on any atom is -0.244 e. The van der Waals surface area contributed by atoms with Crippen LogP contribution < -0.4 is 0 Å². The first kappa shape index (κ1) is 10.3. The van der Waals surface area contributed by atoms with Gasteiger partial charge in [0.15, 0.2) is 0 Å². The third-order valence-corrected chi connectivity index (χ3v) is 2.51. The van der Waals surface area contributed by atoms with E-state index in [1.54, 1.807) is 28.7 Å². The van der Waals surface area contributed by atoms with Gasteiger partial charge >= 0.3 is 0 Å². The van der Waals surface area contributed by atoms with Crippen molar-refractivity contribution in [2.45, 2.75) is 13.3 Å². The van der Waals surface area contributed by atoms with Crippen LogP contribution in [0.3, 0.4) is 0 Å². The zero-order valence-electron chi connectivity index (χ0n) is 6.68. The number of nitriles is 1. The second kappa shape index (κ2) is 3.96. The van der Waals surface area contributed by atoms with Crippen molar-refractivity contribution in [1.29, 1.82) is 5.26 Å². The monoisotopic (exact) mass is 294 g/mol. The maximum Gasteiger partial charge on any atom is 0.265 e. The summed E-state index contributed by atoms with van der Waals surface area (Å²) in [6, 6.07) is 1.77. The van der Waals surface area contributed by atoms with E-state index in [4.69, 9.17) is 5.26 Å². The Kier molecular flexibility index (Phi) is 3.14. The molecule has 1 aromatic heterocycles. The molecule has 68 valence electrons. The number of hydrogen-bond donors (Lipinski definition) is 0. The van der Waals surface area contributed by atoms with Crippen molar-refractivity contribution in [2.24, 2.45) is 0 Å². The van der Waals surface area contributed by atoms with E-state index in [0.717, 1.165) is 0 Å². The van der Waals surface area contributed by atoms with Gasteiger partial charge in [-0.1, -0.05) is 0 Å². The Morgan fingerprint density at radius 1 is 1.62 bits per heavy atom. The van der Waals surface area contributed by atoms with Gasteiger partial charge in [0, 0.05) is 15.3 Å². The fourth-order valence-electron chi connectivity index (χ4n) is 0.975. The van der Waals surface area contributed by atoms with E-state index in [1.807, 2.05) is 0 Å². The van der Waals surface area contributed by atoms with Crippen LogP contribution in [0.25, 0.3) is 0 Å². The molecular weight excluding hydrogens is 289 g/mol. The predicted octanol–water partition coefficient (Wildman–Crippen LogP) is 2.80. The lowest BCUT2D eigenvalue weighted by Crippen LogP contribution is -1.99. The van der Waals surface area contributed by atoms with Gasteiger partial charge in [0.2, 0.25) is 0 Å². The van der Waals surface area contributed by atoms with Crippen molar-refractivity contribution >= 4 is 22.6 Å². The van der Waals surface area contributed by atoms with Crippen molar-refractivity contribution in [3.05, 3.63) is 26.6 Å². The first-order chi connectivity index (χ1) is 6.07. The standard InChI is InChI=1S/C8H5F2IN2/c1-4-6(2-12)13-3-5(11)7(4)8(9)10/h3,8H,1H3. The Morgan fingerprint density at radius 3 is 2.69 bits per heavy atom. The van der Waals surface area contributed by atoms with Crippen LogP contribution in [-0.2, 0) is 0 Å². The van der Waals surface area contributed by atoms with Crippen LogP contribution in [0.2, 0.25) is 0 Å². The topological polar surface area (TPSA) is 36.7 Å². The van der Waals surface area contributed by atoms with Crippen LogP contribution in [0.4, 0.5) is 8.78 Å². The molecule has 0 spiro atoms. The minimum absolute atomic E-state index is 0.0655. The van der Waals surface area contributed by atoms with Crippen molar-refractivity contribution in [1.82, 2.24) is 4.98 Å². The van der Waals surface area contributed by atoms with Crippen LogP contribution in [0, 0.1) is 21.8 Å². The molecule has 0 N–H and O–H groups in total. The summed E-state index contributed by atoms with van der Waals surface area (Å²) < 4.78 is 25.3. The predicted molar refractivity (Wildman–Crippen MR) is 51.4 cm³/mol. The van der Waals surface area contributed by atoms with Gasteiger partial charge in [0.1, 0.15) is 11.8 Å².